The van der Waals surface area contributed by atoms with E-state index in [0.717, 1.165) is 0 Å². The zero-order valence-electron chi connectivity index (χ0n) is 6.28. The second kappa shape index (κ2) is 2.97. The maximum absolute atomic E-state index is 12.1. The van der Waals surface area contributed by atoms with Crippen LogP contribution in [0.3, 0.4) is 0 Å². The first-order chi connectivity index (χ1) is 6.34. The monoisotopic (exact) mass is 222 g/mol. The Hall–Kier alpha value is -1.58. The fourth-order valence-electron chi connectivity index (χ4n) is 0.588. The first-order valence-electron chi connectivity index (χ1n) is 2.91. The summed E-state index contributed by atoms with van der Waals surface area (Å²) in [5.41, 5.74) is -5.05. The largest absolute Gasteiger partial charge is 0.526 e. The molecule has 0 amide bonds. The lowest BCUT2D eigenvalue weighted by Gasteiger charge is -2.01. The van der Waals surface area contributed by atoms with Gasteiger partial charge in [0.1, 0.15) is 0 Å². The van der Waals surface area contributed by atoms with E-state index < -0.39 is 27.1 Å². The number of rotatable bonds is 0. The summed E-state index contributed by atoms with van der Waals surface area (Å²) in [4.78, 5) is 5.13. The van der Waals surface area contributed by atoms with Crippen LogP contribution in [0.25, 0.3) is 9.69 Å². The number of hydrogen-bond donors (Lipinski definition) is 1. The van der Waals surface area contributed by atoms with Gasteiger partial charge in [-0.25, -0.2) is 0 Å². The van der Waals surface area contributed by atoms with Crippen molar-refractivity contribution in [2.75, 3.05) is 0 Å². The van der Waals surface area contributed by atoms with E-state index in [9.17, 15) is 13.2 Å². The summed E-state index contributed by atoms with van der Waals surface area (Å²) < 4.78 is 50.8. The van der Waals surface area contributed by atoms with E-state index >= 15 is 0 Å². The Balaban J connectivity index is 3.41. The molecule has 0 radical (unpaired) electrons. The quantitative estimate of drug-likeness (QED) is 0.629. The molecule has 1 aliphatic rings. The normalized spacial score (nSPS) is 19.3. The Kier molecular flexibility index (Phi) is 2.23. The number of alkyl halides is 3. The first-order valence-corrected chi connectivity index (χ1v) is 4.41. The summed E-state index contributed by atoms with van der Waals surface area (Å²) in [6, 6.07) is 0. The highest BCUT2D eigenvalue weighted by Gasteiger charge is 2.50. The van der Waals surface area contributed by atoms with Crippen molar-refractivity contribution in [3.05, 3.63) is 34.5 Å². The van der Waals surface area contributed by atoms with Crippen LogP contribution in [0.4, 0.5) is 13.2 Å². The minimum atomic E-state index is -5.05. The van der Waals surface area contributed by atoms with E-state index in [4.69, 9.17) is 17.7 Å². The van der Waals surface area contributed by atoms with Crippen molar-refractivity contribution in [1.29, 1.82) is 0 Å². The van der Waals surface area contributed by atoms with Gasteiger partial charge in [-0.15, -0.1) is 0 Å². The second-order valence-electron chi connectivity index (χ2n) is 2.02. The van der Waals surface area contributed by atoms with Crippen molar-refractivity contribution in [2.45, 2.75) is 5.51 Å². The van der Waals surface area contributed by atoms with Crippen molar-refractivity contribution in [3.63, 3.8) is 0 Å². The van der Waals surface area contributed by atoms with Crippen LogP contribution in [0.1, 0.15) is 0 Å². The predicted molar refractivity (Wildman–Crippen MR) is 41.1 cm³/mol. The molecule has 0 aliphatic carbocycles. The van der Waals surface area contributed by atoms with E-state index in [1.54, 1.807) is 0 Å². The molecule has 74 valence electrons. The van der Waals surface area contributed by atoms with Gasteiger partial charge in [0, 0.05) is 0 Å². The smallest absolute Gasteiger partial charge is 0.369 e. The molecule has 1 heterocycles. The molecular formula is C5HF3N4OS. The van der Waals surface area contributed by atoms with Gasteiger partial charge in [-0.3, -0.25) is 4.55 Å². The molecule has 0 spiro atoms. The van der Waals surface area contributed by atoms with Crippen molar-refractivity contribution in [2.24, 2.45) is 8.73 Å². The zero-order chi connectivity index (χ0) is 11.0. The van der Waals surface area contributed by atoms with E-state index in [2.05, 4.69) is 18.4 Å². The molecule has 0 unspecified atom stereocenters. The molecular weight excluding hydrogens is 221 g/mol. The minimum absolute atomic E-state index is 0.796. The lowest BCUT2D eigenvalue weighted by atomic mass is 10.7. The Morgan fingerprint density at radius 1 is 1.14 bits per heavy atom. The van der Waals surface area contributed by atoms with Crippen LogP contribution in [0.2, 0.25) is 0 Å². The number of nitrogens with zero attached hydrogens (tertiary/aromatic N) is 4. The third-order valence-electron chi connectivity index (χ3n) is 1.15. The van der Waals surface area contributed by atoms with Gasteiger partial charge in [-0.2, -0.15) is 13.2 Å². The van der Waals surface area contributed by atoms with Gasteiger partial charge in [0.25, 0.3) is 0 Å². The van der Waals surface area contributed by atoms with Crippen LogP contribution in [0.15, 0.2) is 20.4 Å². The average molecular weight is 222 g/mol. The minimum Gasteiger partial charge on any atom is -0.369 e. The van der Waals surface area contributed by atoms with Gasteiger partial charge in [0.05, 0.1) is 0 Å². The first kappa shape index (κ1) is 10.5. The second-order valence-corrected chi connectivity index (χ2v) is 3.88. The van der Waals surface area contributed by atoms with Crippen LogP contribution in [-0.4, -0.2) is 10.1 Å². The Bertz CT molecular complexity index is 473. The molecule has 0 atom stereocenters. The molecule has 1 N–H and O–H groups in total. The van der Waals surface area contributed by atoms with Gasteiger partial charge >= 0.3 is 27.1 Å². The lowest BCUT2D eigenvalue weighted by molar-refractivity contribution is -0.0431. The SMILES string of the molecule is [C-]#[N+]C1=C([N+]#[C-])N=S(O)(C(F)(F)F)=N1. The number of halogens is 3. The molecule has 0 saturated heterocycles. The fraction of sp³-hybridized carbons (Fsp3) is 0.200. The third kappa shape index (κ3) is 1.43. The summed E-state index contributed by atoms with van der Waals surface area (Å²) in [6.07, 6.45) is 0. The zero-order valence-corrected chi connectivity index (χ0v) is 7.09. The van der Waals surface area contributed by atoms with E-state index in [0.29, 0.717) is 0 Å². The van der Waals surface area contributed by atoms with Crippen LogP contribution >= 0.6 is 0 Å². The van der Waals surface area contributed by atoms with Crippen molar-refractivity contribution in [1.82, 2.24) is 0 Å². The fourth-order valence-corrected chi connectivity index (χ4v) is 1.56. The topological polar surface area (TPSA) is 53.7 Å². The summed E-state index contributed by atoms with van der Waals surface area (Å²) in [6.45, 7) is 12.8. The van der Waals surface area contributed by atoms with E-state index in [-0.39, 0.29) is 0 Å². The average Bonchev–Trinajstić information content (AvgIpc) is 2.42. The molecule has 5 nitrogen and oxygen atoms in total. The Morgan fingerprint density at radius 3 is 1.71 bits per heavy atom. The molecule has 0 aromatic carbocycles. The molecule has 1 aliphatic heterocycles. The van der Waals surface area contributed by atoms with Crippen molar-refractivity contribution < 1.29 is 17.7 Å². The third-order valence-corrected chi connectivity index (χ3v) is 2.63. The maximum Gasteiger partial charge on any atom is 0.526 e. The molecule has 14 heavy (non-hydrogen) atoms. The van der Waals surface area contributed by atoms with Gasteiger partial charge in [-0.05, 0) is 8.73 Å². The number of hydrogen-bond acceptors (Lipinski definition) is 2. The van der Waals surface area contributed by atoms with Crippen LogP contribution < -0.4 is 0 Å². The molecule has 9 heteroatoms. The van der Waals surface area contributed by atoms with Crippen molar-refractivity contribution in [3.8, 4) is 0 Å². The van der Waals surface area contributed by atoms with Gasteiger partial charge < -0.3 is 9.69 Å². The predicted octanol–water partition coefficient (Wildman–Crippen LogP) is 2.48. The molecule has 1 rings (SSSR count). The van der Waals surface area contributed by atoms with E-state index in [1.807, 2.05) is 0 Å². The Morgan fingerprint density at radius 2 is 1.50 bits per heavy atom. The van der Waals surface area contributed by atoms with Gasteiger partial charge in [0.15, 0.2) is 0 Å². The highest BCUT2D eigenvalue weighted by Crippen LogP contribution is 2.34. The molecule has 0 aromatic rings. The summed E-state index contributed by atoms with van der Waals surface area (Å²) in [7, 11) is -4.59. The van der Waals surface area contributed by atoms with Crippen LogP contribution in [0.5, 0.6) is 0 Å². The van der Waals surface area contributed by atoms with Crippen LogP contribution in [0, 0.1) is 13.1 Å². The highest BCUT2D eigenvalue weighted by atomic mass is 32.2. The molecule has 0 aromatic heterocycles. The van der Waals surface area contributed by atoms with Gasteiger partial charge in [0.2, 0.25) is 0 Å². The van der Waals surface area contributed by atoms with Gasteiger partial charge in [-0.1, -0.05) is 13.1 Å². The highest BCUT2D eigenvalue weighted by molar-refractivity contribution is 7.91. The molecule has 0 bridgehead atoms. The maximum atomic E-state index is 12.1. The summed E-state index contributed by atoms with van der Waals surface area (Å²) in [5, 5.41) is 0. The van der Waals surface area contributed by atoms with Crippen molar-refractivity contribution >= 4 is 9.90 Å². The standard InChI is InChI=1S/C5HF3N4OS/c1-9-3-4(10-2)12-14(13,11-3)5(6,7)8/h(H,11,12,13). The summed E-state index contributed by atoms with van der Waals surface area (Å²) in [5.74, 6) is -1.59. The lowest BCUT2D eigenvalue weighted by Crippen LogP contribution is -2.20. The molecule has 0 fully saturated rings. The Labute approximate surface area is 77.1 Å². The van der Waals surface area contributed by atoms with E-state index in [1.165, 1.54) is 0 Å². The van der Waals surface area contributed by atoms with Crippen LogP contribution in [-0.2, 0) is 9.90 Å². The molecule has 0 saturated carbocycles. The summed E-state index contributed by atoms with van der Waals surface area (Å²) >= 11 is 0.